The maximum atomic E-state index is 6.05. The van der Waals surface area contributed by atoms with Crippen LogP contribution in [0.2, 0.25) is 0 Å². The Morgan fingerprint density at radius 2 is 1.81 bits per heavy atom. The molecule has 26 heavy (non-hydrogen) atoms. The molecule has 1 heterocycles. The molecule has 1 aromatic heterocycles. The molecule has 6 nitrogen and oxygen atoms in total. The summed E-state index contributed by atoms with van der Waals surface area (Å²) in [5, 5.41) is 3.14. The number of ether oxygens (including phenoxy) is 1. The third kappa shape index (κ3) is 3.59. The average molecular weight is 347 g/mol. The zero-order valence-electron chi connectivity index (χ0n) is 14.6. The molecule has 3 N–H and O–H groups in total. The van der Waals surface area contributed by atoms with Crippen LogP contribution in [0.3, 0.4) is 0 Å². The van der Waals surface area contributed by atoms with Crippen molar-refractivity contribution in [1.29, 1.82) is 0 Å². The van der Waals surface area contributed by atoms with E-state index < -0.39 is 0 Å². The van der Waals surface area contributed by atoms with Gasteiger partial charge in [-0.1, -0.05) is 24.3 Å². The van der Waals surface area contributed by atoms with Gasteiger partial charge in [-0.25, -0.2) is 0 Å². The van der Waals surface area contributed by atoms with Gasteiger partial charge < -0.3 is 15.8 Å². The molecular weight excluding hydrogens is 326 g/mol. The van der Waals surface area contributed by atoms with Gasteiger partial charge in [0.25, 0.3) is 0 Å². The maximum absolute atomic E-state index is 6.05. The number of rotatable bonds is 5. The first-order chi connectivity index (χ1) is 12.7. The maximum Gasteiger partial charge on any atom is 0.232 e. The second-order valence-electron chi connectivity index (χ2n) is 6.41. The Labute approximate surface area is 152 Å². The summed E-state index contributed by atoms with van der Waals surface area (Å²) in [5.41, 5.74) is 9.54. The number of nitrogens with two attached hydrogens (primary N) is 1. The number of aromatic nitrogens is 3. The van der Waals surface area contributed by atoms with Gasteiger partial charge in [-0.05, 0) is 61.6 Å². The Kier molecular flexibility index (Phi) is 4.39. The number of hydrogen-bond acceptors (Lipinski definition) is 6. The summed E-state index contributed by atoms with van der Waals surface area (Å²) in [5.74, 6) is 1.90. The molecule has 132 valence electrons. The summed E-state index contributed by atoms with van der Waals surface area (Å²) in [6, 6.07) is 16.0. The van der Waals surface area contributed by atoms with E-state index in [1.807, 2.05) is 43.3 Å². The Morgan fingerprint density at radius 1 is 1.00 bits per heavy atom. The molecular formula is C20H21N5O. The zero-order valence-corrected chi connectivity index (χ0v) is 14.6. The van der Waals surface area contributed by atoms with E-state index in [1.165, 1.54) is 17.5 Å². The predicted octanol–water partition coefficient (Wildman–Crippen LogP) is 3.83. The number of hydrogen-bond donors (Lipinski definition) is 2. The van der Waals surface area contributed by atoms with Crippen molar-refractivity contribution in [2.24, 2.45) is 0 Å². The van der Waals surface area contributed by atoms with E-state index >= 15 is 0 Å². The molecule has 0 saturated carbocycles. The Hall–Kier alpha value is -3.15. The van der Waals surface area contributed by atoms with E-state index in [0.29, 0.717) is 11.8 Å². The van der Waals surface area contributed by atoms with Crippen molar-refractivity contribution in [3.63, 3.8) is 0 Å². The lowest BCUT2D eigenvalue weighted by molar-refractivity contribution is 0.216. The smallest absolute Gasteiger partial charge is 0.232 e. The first-order valence-corrected chi connectivity index (χ1v) is 8.79. The van der Waals surface area contributed by atoms with Crippen LogP contribution in [0.25, 0.3) is 0 Å². The van der Waals surface area contributed by atoms with Crippen molar-refractivity contribution >= 4 is 17.6 Å². The predicted molar refractivity (Wildman–Crippen MR) is 101 cm³/mol. The molecule has 1 aliphatic carbocycles. The van der Waals surface area contributed by atoms with Crippen molar-refractivity contribution in [2.45, 2.75) is 32.3 Å². The van der Waals surface area contributed by atoms with Gasteiger partial charge in [-0.15, -0.1) is 0 Å². The fraction of sp³-hybridized carbons (Fsp3) is 0.250. The SMILES string of the molecule is C[C@@H](Oc1ccc2c(c1)CCC2)c1nc(N)nc(Nc2ccccc2)n1. The number of nitrogen functional groups attached to an aromatic ring is 1. The van der Waals surface area contributed by atoms with Gasteiger partial charge in [-0.2, -0.15) is 15.0 Å². The minimum absolute atomic E-state index is 0.165. The van der Waals surface area contributed by atoms with E-state index in [9.17, 15) is 0 Å². The number of fused-ring (bicyclic) bond motifs is 1. The number of benzene rings is 2. The van der Waals surface area contributed by atoms with Crippen molar-refractivity contribution < 1.29 is 4.74 Å². The van der Waals surface area contributed by atoms with Crippen LogP contribution in [0.5, 0.6) is 5.75 Å². The summed E-state index contributed by atoms with van der Waals surface area (Å²) >= 11 is 0. The Balaban J connectivity index is 1.53. The average Bonchev–Trinajstić information content (AvgIpc) is 3.10. The molecule has 1 aliphatic rings. The lowest BCUT2D eigenvalue weighted by Crippen LogP contribution is -2.13. The summed E-state index contributed by atoms with van der Waals surface area (Å²) < 4.78 is 6.05. The molecule has 6 heteroatoms. The minimum atomic E-state index is -0.337. The van der Waals surface area contributed by atoms with Crippen LogP contribution < -0.4 is 15.8 Å². The Morgan fingerprint density at radius 3 is 2.65 bits per heavy atom. The molecule has 0 unspecified atom stereocenters. The summed E-state index contributed by atoms with van der Waals surface area (Å²) in [7, 11) is 0. The molecule has 1 atom stereocenters. The van der Waals surface area contributed by atoms with Gasteiger partial charge in [0, 0.05) is 5.69 Å². The van der Waals surface area contributed by atoms with Crippen LogP contribution in [0, 0.1) is 0 Å². The van der Waals surface area contributed by atoms with Gasteiger partial charge in [-0.3, -0.25) is 0 Å². The molecule has 0 spiro atoms. The van der Waals surface area contributed by atoms with Crippen LogP contribution >= 0.6 is 0 Å². The van der Waals surface area contributed by atoms with Gasteiger partial charge in [0.05, 0.1) is 0 Å². The molecule has 0 radical (unpaired) electrons. The molecule has 0 fully saturated rings. The van der Waals surface area contributed by atoms with Gasteiger partial charge in [0.15, 0.2) is 11.9 Å². The fourth-order valence-corrected chi connectivity index (χ4v) is 3.18. The fourth-order valence-electron chi connectivity index (χ4n) is 3.18. The third-order valence-electron chi connectivity index (χ3n) is 4.45. The number of nitrogens with zero attached hydrogens (tertiary/aromatic N) is 3. The highest BCUT2D eigenvalue weighted by atomic mass is 16.5. The van der Waals surface area contributed by atoms with Crippen molar-refractivity contribution in [2.75, 3.05) is 11.1 Å². The van der Waals surface area contributed by atoms with Gasteiger partial charge in [0.1, 0.15) is 5.75 Å². The quantitative estimate of drug-likeness (QED) is 0.729. The molecule has 0 amide bonds. The molecule has 4 rings (SSSR count). The number of anilines is 3. The topological polar surface area (TPSA) is 86.0 Å². The van der Waals surface area contributed by atoms with Crippen molar-refractivity contribution in [3.05, 3.63) is 65.5 Å². The van der Waals surface area contributed by atoms with E-state index in [-0.39, 0.29) is 12.1 Å². The highest BCUT2D eigenvalue weighted by molar-refractivity contribution is 5.53. The van der Waals surface area contributed by atoms with E-state index in [2.05, 4.69) is 32.4 Å². The standard InChI is InChI=1S/C20H21N5O/c1-13(26-17-11-10-14-6-5-7-15(14)12-17)18-23-19(21)25-20(24-18)22-16-8-3-2-4-9-16/h2-4,8-13H,5-7H2,1H3,(H3,21,22,23,24,25)/t13-/m1/s1. The lowest BCUT2D eigenvalue weighted by atomic mass is 10.1. The van der Waals surface area contributed by atoms with Crippen molar-refractivity contribution in [1.82, 2.24) is 15.0 Å². The second kappa shape index (κ2) is 7.00. The van der Waals surface area contributed by atoms with Crippen LogP contribution in [0.4, 0.5) is 17.6 Å². The minimum Gasteiger partial charge on any atom is -0.483 e. The first-order valence-electron chi connectivity index (χ1n) is 8.79. The highest BCUT2D eigenvalue weighted by Gasteiger charge is 2.16. The molecule has 0 saturated heterocycles. The lowest BCUT2D eigenvalue weighted by Gasteiger charge is -2.15. The number of nitrogens with one attached hydrogen (secondary N) is 1. The first kappa shape index (κ1) is 16.3. The van der Waals surface area contributed by atoms with E-state index in [4.69, 9.17) is 10.5 Å². The van der Waals surface area contributed by atoms with Crippen molar-refractivity contribution in [3.8, 4) is 5.75 Å². The zero-order chi connectivity index (χ0) is 17.9. The van der Waals surface area contributed by atoms with Crippen LogP contribution in [0.1, 0.15) is 36.4 Å². The van der Waals surface area contributed by atoms with Crippen LogP contribution in [0.15, 0.2) is 48.5 Å². The monoisotopic (exact) mass is 347 g/mol. The van der Waals surface area contributed by atoms with Gasteiger partial charge in [0.2, 0.25) is 11.9 Å². The number of para-hydroxylation sites is 1. The highest BCUT2D eigenvalue weighted by Crippen LogP contribution is 2.28. The summed E-state index contributed by atoms with van der Waals surface area (Å²) in [4.78, 5) is 12.8. The molecule has 0 aliphatic heterocycles. The van der Waals surface area contributed by atoms with Gasteiger partial charge >= 0.3 is 0 Å². The summed E-state index contributed by atoms with van der Waals surface area (Å²) in [6.07, 6.45) is 3.15. The van der Waals surface area contributed by atoms with E-state index in [1.54, 1.807) is 0 Å². The van der Waals surface area contributed by atoms with Crippen LogP contribution in [-0.2, 0) is 12.8 Å². The summed E-state index contributed by atoms with van der Waals surface area (Å²) in [6.45, 7) is 1.91. The largest absolute Gasteiger partial charge is 0.483 e. The second-order valence-corrected chi connectivity index (χ2v) is 6.41. The van der Waals surface area contributed by atoms with E-state index in [0.717, 1.165) is 24.3 Å². The molecule has 3 aromatic rings. The normalized spacial score (nSPS) is 13.9. The molecule has 0 bridgehead atoms. The Bertz CT molecular complexity index is 913. The third-order valence-corrected chi connectivity index (χ3v) is 4.45. The van der Waals surface area contributed by atoms with Crippen LogP contribution in [-0.4, -0.2) is 15.0 Å². The molecule has 2 aromatic carbocycles. The number of aryl methyl sites for hydroxylation is 2.